The molecule has 6 heteroatoms. The minimum absolute atomic E-state index is 0.144. The van der Waals surface area contributed by atoms with E-state index in [2.05, 4.69) is 5.32 Å². The highest BCUT2D eigenvalue weighted by Gasteiger charge is 2.14. The molecule has 0 bridgehead atoms. The van der Waals surface area contributed by atoms with Crippen molar-refractivity contribution in [1.82, 2.24) is 15.1 Å². The molecule has 37 heavy (non-hydrogen) atoms. The number of carbonyl (C=O) groups excluding carboxylic acids is 1. The normalized spacial score (nSPS) is 10.6. The molecular weight excluding hydrogens is 462 g/mol. The summed E-state index contributed by atoms with van der Waals surface area (Å²) in [6.07, 6.45) is 1.97. The van der Waals surface area contributed by atoms with Crippen LogP contribution >= 0.6 is 0 Å². The number of amides is 1. The van der Waals surface area contributed by atoms with Gasteiger partial charge in [0, 0.05) is 29.4 Å². The summed E-state index contributed by atoms with van der Waals surface area (Å²) in [4.78, 5) is 12.9. The Balaban J connectivity index is 1.25. The lowest BCUT2D eigenvalue weighted by molar-refractivity contribution is 0.0951. The van der Waals surface area contributed by atoms with Crippen LogP contribution in [0.2, 0.25) is 0 Å². The Hall–Kier alpha value is -4.84. The van der Waals surface area contributed by atoms with Gasteiger partial charge in [0.25, 0.3) is 5.91 Å². The van der Waals surface area contributed by atoms with E-state index >= 15 is 0 Å². The number of nitrogens with zero attached hydrogens (tertiary/aromatic N) is 2. The van der Waals surface area contributed by atoms with E-state index in [0.29, 0.717) is 18.7 Å². The third kappa shape index (κ3) is 5.87. The van der Waals surface area contributed by atoms with Gasteiger partial charge in [-0.05, 0) is 54.1 Å². The van der Waals surface area contributed by atoms with Crippen LogP contribution in [0.1, 0.15) is 21.5 Å². The van der Waals surface area contributed by atoms with Gasteiger partial charge in [-0.2, -0.15) is 5.10 Å². The molecule has 4 aromatic carbocycles. The van der Waals surface area contributed by atoms with E-state index in [1.165, 1.54) is 0 Å². The zero-order valence-corrected chi connectivity index (χ0v) is 20.5. The fourth-order valence-corrected chi connectivity index (χ4v) is 3.96. The van der Waals surface area contributed by atoms with Crippen LogP contribution in [0.5, 0.6) is 11.5 Å². The summed E-state index contributed by atoms with van der Waals surface area (Å²) >= 11 is 0. The summed E-state index contributed by atoms with van der Waals surface area (Å²) in [5, 5.41) is 7.86. The first-order chi connectivity index (χ1) is 18.2. The average Bonchev–Trinajstić information content (AvgIpc) is 3.41. The number of para-hydroxylation sites is 1. The van der Waals surface area contributed by atoms with Crippen LogP contribution in [0.25, 0.3) is 16.9 Å². The Morgan fingerprint density at radius 3 is 2.14 bits per heavy atom. The monoisotopic (exact) mass is 489 g/mol. The molecule has 0 fully saturated rings. The number of carbonyl (C=O) groups is 1. The van der Waals surface area contributed by atoms with Crippen LogP contribution in [0.3, 0.4) is 0 Å². The molecule has 1 N–H and O–H groups in total. The Kier molecular flexibility index (Phi) is 7.27. The van der Waals surface area contributed by atoms with Crippen LogP contribution < -0.4 is 14.8 Å². The van der Waals surface area contributed by atoms with Gasteiger partial charge >= 0.3 is 0 Å². The van der Waals surface area contributed by atoms with E-state index in [9.17, 15) is 4.79 Å². The molecule has 1 amide bonds. The van der Waals surface area contributed by atoms with Crippen molar-refractivity contribution in [3.05, 3.63) is 132 Å². The molecule has 0 aliphatic rings. The lowest BCUT2D eigenvalue weighted by Crippen LogP contribution is -2.22. The second kappa shape index (κ2) is 11.3. The van der Waals surface area contributed by atoms with Crippen LogP contribution in [-0.4, -0.2) is 22.8 Å². The van der Waals surface area contributed by atoms with Crippen molar-refractivity contribution < 1.29 is 14.3 Å². The van der Waals surface area contributed by atoms with Gasteiger partial charge in [0.1, 0.15) is 18.1 Å². The highest BCUT2D eigenvalue weighted by molar-refractivity contribution is 5.94. The molecule has 184 valence electrons. The zero-order chi connectivity index (χ0) is 25.5. The summed E-state index contributed by atoms with van der Waals surface area (Å²) in [6.45, 7) is 0.769. The van der Waals surface area contributed by atoms with Gasteiger partial charge in [0.15, 0.2) is 0 Å². The zero-order valence-electron chi connectivity index (χ0n) is 20.5. The first-order valence-corrected chi connectivity index (χ1v) is 12.0. The first kappa shape index (κ1) is 23.9. The standard InChI is InChI=1S/C31H27N3O3/c1-36-28-16-18-29(19-17-28)37-22-23-12-14-25(15-13-23)31(35)32-20-26-21-34(27-10-6-3-7-11-27)33-30(26)24-8-4-2-5-9-24/h2-19,21H,20,22H2,1H3,(H,32,35). The molecule has 1 aromatic heterocycles. The quantitative estimate of drug-likeness (QED) is 0.273. The fourth-order valence-electron chi connectivity index (χ4n) is 3.96. The fraction of sp³-hybridized carbons (Fsp3) is 0.0968. The average molecular weight is 490 g/mol. The maximum Gasteiger partial charge on any atom is 0.251 e. The first-order valence-electron chi connectivity index (χ1n) is 12.0. The lowest BCUT2D eigenvalue weighted by atomic mass is 10.1. The van der Waals surface area contributed by atoms with E-state index in [-0.39, 0.29) is 5.91 Å². The number of ether oxygens (including phenoxy) is 2. The minimum atomic E-state index is -0.144. The van der Waals surface area contributed by atoms with Crippen molar-refractivity contribution >= 4 is 5.91 Å². The van der Waals surface area contributed by atoms with Crippen LogP contribution in [0, 0.1) is 0 Å². The number of hydrogen-bond donors (Lipinski definition) is 1. The van der Waals surface area contributed by atoms with Gasteiger partial charge in [0.2, 0.25) is 0 Å². The van der Waals surface area contributed by atoms with Gasteiger partial charge < -0.3 is 14.8 Å². The molecule has 0 radical (unpaired) electrons. The summed E-state index contributed by atoms with van der Waals surface area (Å²) in [5.41, 5.74) is 5.31. The molecule has 1 heterocycles. The molecule has 0 saturated carbocycles. The number of aromatic nitrogens is 2. The van der Waals surface area contributed by atoms with Crippen molar-refractivity contribution in [2.45, 2.75) is 13.2 Å². The molecule has 5 aromatic rings. The maximum absolute atomic E-state index is 12.9. The van der Waals surface area contributed by atoms with Crippen LogP contribution in [-0.2, 0) is 13.2 Å². The number of methoxy groups -OCH3 is 1. The Morgan fingerprint density at radius 1 is 0.811 bits per heavy atom. The molecule has 0 atom stereocenters. The molecule has 6 nitrogen and oxygen atoms in total. The van der Waals surface area contributed by atoms with Crippen LogP contribution in [0.4, 0.5) is 0 Å². The number of hydrogen-bond acceptors (Lipinski definition) is 4. The van der Waals surface area contributed by atoms with Crippen molar-refractivity contribution in [2.24, 2.45) is 0 Å². The van der Waals surface area contributed by atoms with Crippen molar-refractivity contribution in [3.63, 3.8) is 0 Å². The highest BCUT2D eigenvalue weighted by atomic mass is 16.5. The molecular formula is C31H27N3O3. The number of rotatable bonds is 9. The third-order valence-electron chi connectivity index (χ3n) is 5.98. The molecule has 0 saturated heterocycles. The van der Waals surface area contributed by atoms with Gasteiger partial charge in [-0.15, -0.1) is 0 Å². The van der Waals surface area contributed by atoms with E-state index in [4.69, 9.17) is 14.6 Å². The van der Waals surface area contributed by atoms with Gasteiger partial charge in [-0.25, -0.2) is 4.68 Å². The molecule has 0 aliphatic heterocycles. The van der Waals surface area contributed by atoms with E-state index in [0.717, 1.165) is 39.6 Å². The van der Waals surface area contributed by atoms with E-state index in [1.54, 1.807) is 7.11 Å². The Bertz CT molecular complexity index is 1450. The number of nitrogens with one attached hydrogen (secondary N) is 1. The SMILES string of the molecule is COc1ccc(OCc2ccc(C(=O)NCc3cn(-c4ccccc4)nc3-c3ccccc3)cc2)cc1. The van der Waals surface area contributed by atoms with Crippen molar-refractivity contribution in [1.29, 1.82) is 0 Å². The second-order valence-electron chi connectivity index (χ2n) is 8.49. The second-order valence-corrected chi connectivity index (χ2v) is 8.49. The van der Waals surface area contributed by atoms with Gasteiger partial charge in [-0.3, -0.25) is 4.79 Å². The largest absolute Gasteiger partial charge is 0.497 e. The molecule has 0 spiro atoms. The van der Waals surface area contributed by atoms with Gasteiger partial charge in [0.05, 0.1) is 18.5 Å². The van der Waals surface area contributed by atoms with Crippen molar-refractivity contribution in [2.75, 3.05) is 7.11 Å². The smallest absolute Gasteiger partial charge is 0.251 e. The highest BCUT2D eigenvalue weighted by Crippen LogP contribution is 2.24. The maximum atomic E-state index is 12.9. The van der Waals surface area contributed by atoms with Crippen LogP contribution in [0.15, 0.2) is 115 Å². The third-order valence-corrected chi connectivity index (χ3v) is 5.98. The minimum Gasteiger partial charge on any atom is -0.497 e. The van der Waals surface area contributed by atoms with E-state index in [1.807, 2.05) is 120 Å². The Labute approximate surface area is 216 Å². The topological polar surface area (TPSA) is 65.4 Å². The Morgan fingerprint density at radius 2 is 1.46 bits per heavy atom. The molecule has 5 rings (SSSR count). The molecule has 0 aliphatic carbocycles. The summed E-state index contributed by atoms with van der Waals surface area (Å²) < 4.78 is 12.8. The van der Waals surface area contributed by atoms with Crippen molar-refractivity contribution in [3.8, 4) is 28.4 Å². The molecule has 0 unspecified atom stereocenters. The lowest BCUT2D eigenvalue weighted by Gasteiger charge is -2.09. The summed E-state index contributed by atoms with van der Waals surface area (Å²) in [6, 6.07) is 34.8. The summed E-state index contributed by atoms with van der Waals surface area (Å²) in [7, 11) is 1.63. The predicted molar refractivity (Wildman–Crippen MR) is 144 cm³/mol. The van der Waals surface area contributed by atoms with Gasteiger partial charge in [-0.1, -0.05) is 60.7 Å². The summed E-state index contributed by atoms with van der Waals surface area (Å²) in [5.74, 6) is 1.40. The number of benzene rings is 4. The van der Waals surface area contributed by atoms with E-state index < -0.39 is 0 Å². The predicted octanol–water partition coefficient (Wildman–Crippen LogP) is 6.06.